The van der Waals surface area contributed by atoms with Crippen molar-refractivity contribution in [2.75, 3.05) is 7.11 Å². The van der Waals surface area contributed by atoms with Crippen molar-refractivity contribution in [2.24, 2.45) is 4.99 Å². The minimum Gasteiger partial charge on any atom is -0.507 e. The van der Waals surface area contributed by atoms with E-state index in [1.54, 1.807) is 13.2 Å². The number of hydrogen-bond donors (Lipinski definition) is 2. The molecule has 170 valence electrons. The number of hydrogen-bond acceptors (Lipinski definition) is 5. The van der Waals surface area contributed by atoms with Crippen molar-refractivity contribution in [1.29, 1.82) is 0 Å². The molecule has 2 N–H and O–H groups in total. The largest absolute Gasteiger partial charge is 0.507 e. The number of alkyl carbamates (subject to hydrolysis) is 1. The van der Waals surface area contributed by atoms with Gasteiger partial charge in [0.2, 0.25) is 0 Å². The van der Waals surface area contributed by atoms with Gasteiger partial charge < -0.3 is 14.6 Å². The Morgan fingerprint density at radius 3 is 2.33 bits per heavy atom. The van der Waals surface area contributed by atoms with E-state index in [9.17, 15) is 9.90 Å². The van der Waals surface area contributed by atoms with Crippen LogP contribution >= 0.6 is 15.9 Å². The van der Waals surface area contributed by atoms with E-state index < -0.39 is 17.2 Å². The molecule has 4 rings (SSSR count). The van der Waals surface area contributed by atoms with Crippen LogP contribution in [0.5, 0.6) is 11.5 Å². The van der Waals surface area contributed by atoms with E-state index in [0.717, 1.165) is 28.0 Å². The quantitative estimate of drug-likeness (QED) is 0.472. The van der Waals surface area contributed by atoms with Crippen molar-refractivity contribution in [3.63, 3.8) is 0 Å². The van der Waals surface area contributed by atoms with E-state index in [-0.39, 0.29) is 5.75 Å². The Morgan fingerprint density at radius 1 is 1.03 bits per heavy atom. The molecule has 0 aromatic heterocycles. The number of carbonyl (C=O) groups excluding carboxylic acids is 1. The van der Waals surface area contributed by atoms with Gasteiger partial charge >= 0.3 is 6.09 Å². The monoisotopic (exact) mass is 508 g/mol. The van der Waals surface area contributed by atoms with Crippen LogP contribution < -0.4 is 10.1 Å². The van der Waals surface area contributed by atoms with Gasteiger partial charge in [-0.3, -0.25) is 5.32 Å². The molecule has 7 heteroatoms. The molecule has 6 nitrogen and oxygen atoms in total. The zero-order valence-corrected chi connectivity index (χ0v) is 20.4. The number of methoxy groups -OCH3 is 1. The molecule has 1 aliphatic heterocycles. The lowest BCUT2D eigenvalue weighted by Crippen LogP contribution is -2.36. The highest BCUT2D eigenvalue weighted by Gasteiger charge is 2.44. The SMILES string of the molecule is COc1ccc(C2(c3ccc(O)c(Br)c3)N=C(NC(=O)OC(C)(C)C)c3ccccc32)cc1. The summed E-state index contributed by atoms with van der Waals surface area (Å²) in [5.41, 5.74) is 1.81. The molecule has 0 fully saturated rings. The molecule has 1 unspecified atom stereocenters. The number of ether oxygens (including phenoxy) is 2. The molecule has 1 heterocycles. The molecular weight excluding hydrogens is 484 g/mol. The Bertz CT molecular complexity index is 1230. The van der Waals surface area contributed by atoms with Gasteiger partial charge in [0.1, 0.15) is 28.5 Å². The van der Waals surface area contributed by atoms with Gasteiger partial charge in [0.15, 0.2) is 0 Å². The van der Waals surface area contributed by atoms with Gasteiger partial charge in [-0.05, 0) is 77.7 Å². The van der Waals surface area contributed by atoms with Crippen molar-refractivity contribution >= 4 is 27.9 Å². The number of fused-ring (bicyclic) bond motifs is 1. The van der Waals surface area contributed by atoms with Crippen LogP contribution in [-0.4, -0.2) is 29.7 Å². The van der Waals surface area contributed by atoms with Crippen LogP contribution in [0.4, 0.5) is 4.79 Å². The smallest absolute Gasteiger partial charge is 0.413 e. The van der Waals surface area contributed by atoms with E-state index in [1.165, 1.54) is 0 Å². The fourth-order valence-electron chi connectivity index (χ4n) is 3.96. The second-order valence-electron chi connectivity index (χ2n) is 8.74. The summed E-state index contributed by atoms with van der Waals surface area (Å²) in [6.45, 7) is 5.44. The molecular formula is C26H25BrN2O4. The van der Waals surface area contributed by atoms with Crippen LogP contribution in [0.15, 0.2) is 76.2 Å². The highest BCUT2D eigenvalue weighted by Crippen LogP contribution is 2.47. The van der Waals surface area contributed by atoms with E-state index in [0.29, 0.717) is 10.3 Å². The van der Waals surface area contributed by atoms with Crippen LogP contribution in [0.1, 0.15) is 43.0 Å². The first-order valence-electron chi connectivity index (χ1n) is 10.5. The Morgan fingerprint density at radius 2 is 1.70 bits per heavy atom. The fourth-order valence-corrected chi connectivity index (χ4v) is 4.34. The molecule has 1 atom stereocenters. The first kappa shape index (κ1) is 22.9. The van der Waals surface area contributed by atoms with Crippen LogP contribution in [0.25, 0.3) is 0 Å². The molecule has 33 heavy (non-hydrogen) atoms. The first-order chi connectivity index (χ1) is 15.6. The molecule has 1 amide bonds. The average Bonchev–Trinajstić information content (AvgIpc) is 3.09. The number of nitrogens with zero attached hydrogens (tertiary/aromatic N) is 1. The number of phenols is 1. The predicted octanol–water partition coefficient (Wildman–Crippen LogP) is 5.74. The number of aromatic hydroxyl groups is 1. The summed E-state index contributed by atoms with van der Waals surface area (Å²) in [5.74, 6) is 1.27. The number of benzene rings is 3. The predicted molar refractivity (Wildman–Crippen MR) is 131 cm³/mol. The van der Waals surface area contributed by atoms with Gasteiger partial charge in [0.25, 0.3) is 0 Å². The van der Waals surface area contributed by atoms with E-state index >= 15 is 0 Å². The number of halogens is 1. The third-order valence-electron chi connectivity index (χ3n) is 5.34. The van der Waals surface area contributed by atoms with Crippen LogP contribution in [0, 0.1) is 0 Å². The third-order valence-corrected chi connectivity index (χ3v) is 5.98. The van der Waals surface area contributed by atoms with Gasteiger partial charge in [-0.1, -0.05) is 42.5 Å². The van der Waals surface area contributed by atoms with E-state index in [2.05, 4.69) is 21.2 Å². The van der Waals surface area contributed by atoms with Crippen LogP contribution in [0.3, 0.4) is 0 Å². The number of rotatable bonds is 3. The summed E-state index contributed by atoms with van der Waals surface area (Å²) in [6, 6.07) is 20.7. The Balaban J connectivity index is 1.93. The molecule has 0 spiro atoms. The molecule has 0 radical (unpaired) electrons. The number of nitrogens with one attached hydrogen (secondary N) is 1. The topological polar surface area (TPSA) is 80.2 Å². The highest BCUT2D eigenvalue weighted by molar-refractivity contribution is 9.10. The van der Waals surface area contributed by atoms with Crippen LogP contribution in [-0.2, 0) is 10.3 Å². The summed E-state index contributed by atoms with van der Waals surface area (Å²) in [4.78, 5) is 17.7. The normalized spacial score (nSPS) is 17.2. The Kier molecular flexibility index (Phi) is 5.93. The average molecular weight is 509 g/mol. The summed E-state index contributed by atoms with van der Waals surface area (Å²) in [6.07, 6.45) is -0.575. The van der Waals surface area contributed by atoms with Crippen molar-refractivity contribution in [3.05, 3.63) is 93.5 Å². The van der Waals surface area contributed by atoms with Gasteiger partial charge in [0.05, 0.1) is 11.6 Å². The first-order valence-corrected chi connectivity index (χ1v) is 11.3. The molecule has 0 aliphatic carbocycles. The molecule has 3 aromatic rings. The maximum absolute atomic E-state index is 12.6. The minimum atomic E-state index is -0.955. The number of aliphatic imine (C=N–C) groups is 1. The van der Waals surface area contributed by atoms with Gasteiger partial charge in [-0.2, -0.15) is 0 Å². The summed E-state index contributed by atoms with van der Waals surface area (Å²) < 4.78 is 11.4. The maximum Gasteiger partial charge on any atom is 0.413 e. The van der Waals surface area contributed by atoms with E-state index in [1.807, 2.05) is 81.4 Å². The molecule has 1 aliphatic rings. The van der Waals surface area contributed by atoms with Gasteiger partial charge in [-0.25, -0.2) is 9.79 Å². The van der Waals surface area contributed by atoms with Crippen molar-refractivity contribution in [1.82, 2.24) is 5.32 Å². The summed E-state index contributed by atoms with van der Waals surface area (Å²) >= 11 is 3.43. The highest BCUT2D eigenvalue weighted by atomic mass is 79.9. The van der Waals surface area contributed by atoms with Crippen molar-refractivity contribution in [3.8, 4) is 11.5 Å². The number of amides is 1. The zero-order valence-electron chi connectivity index (χ0n) is 18.8. The zero-order chi connectivity index (χ0) is 23.8. The lowest BCUT2D eigenvalue weighted by atomic mass is 9.77. The number of phenolic OH excluding ortho intramolecular Hbond substituents is 1. The molecule has 0 saturated carbocycles. The lowest BCUT2D eigenvalue weighted by molar-refractivity contribution is 0.0563. The second kappa shape index (κ2) is 8.56. The van der Waals surface area contributed by atoms with E-state index in [4.69, 9.17) is 14.5 Å². The minimum absolute atomic E-state index is 0.131. The fraction of sp³-hybridized carbons (Fsp3) is 0.231. The van der Waals surface area contributed by atoms with Crippen molar-refractivity contribution < 1.29 is 19.4 Å². The van der Waals surface area contributed by atoms with Gasteiger partial charge in [0, 0.05) is 5.56 Å². The molecule has 0 saturated heterocycles. The maximum atomic E-state index is 12.6. The summed E-state index contributed by atoms with van der Waals surface area (Å²) in [5, 5.41) is 12.9. The lowest BCUT2D eigenvalue weighted by Gasteiger charge is -2.29. The third kappa shape index (κ3) is 4.33. The molecule has 0 bridgehead atoms. The number of amidine groups is 1. The summed E-state index contributed by atoms with van der Waals surface area (Å²) in [7, 11) is 1.62. The van der Waals surface area contributed by atoms with Gasteiger partial charge in [-0.15, -0.1) is 0 Å². The second-order valence-corrected chi connectivity index (χ2v) is 9.59. The standard InChI is InChI=1S/C26H25BrN2O4/c1-25(2,3)33-24(31)28-23-19-7-5-6-8-20(19)26(29-23,16-9-12-18(32-4)13-10-16)17-11-14-22(30)21(27)15-17/h5-15,30H,1-4H3,(H,28,29,31). The Labute approximate surface area is 201 Å². The number of carbonyl (C=O) groups is 1. The Hall–Kier alpha value is -3.32. The molecule has 3 aromatic carbocycles. The van der Waals surface area contributed by atoms with Crippen LogP contribution in [0.2, 0.25) is 0 Å². The van der Waals surface area contributed by atoms with Crippen molar-refractivity contribution in [2.45, 2.75) is 31.9 Å².